The van der Waals surface area contributed by atoms with E-state index in [1.807, 2.05) is 24.4 Å². The van der Waals surface area contributed by atoms with E-state index in [1.165, 1.54) is 16.4 Å². The van der Waals surface area contributed by atoms with Crippen LogP contribution in [-0.4, -0.2) is 63.1 Å². The van der Waals surface area contributed by atoms with Gasteiger partial charge in [-0.25, -0.2) is 13.4 Å². The minimum atomic E-state index is -3.56. The molecule has 1 fully saturated rings. The van der Waals surface area contributed by atoms with Crippen LogP contribution in [0.15, 0.2) is 52.7 Å². The summed E-state index contributed by atoms with van der Waals surface area (Å²) in [5.41, 5.74) is 4.03. The van der Waals surface area contributed by atoms with E-state index in [0.29, 0.717) is 38.6 Å². The zero-order valence-electron chi connectivity index (χ0n) is 18.8. The highest BCUT2D eigenvalue weighted by molar-refractivity contribution is 7.89. The number of carbonyl (C=O) groups is 1. The third kappa shape index (κ3) is 4.58. The van der Waals surface area contributed by atoms with Crippen molar-refractivity contribution in [2.75, 3.05) is 44.4 Å². The van der Waals surface area contributed by atoms with Crippen LogP contribution in [0.25, 0.3) is 11.3 Å². The normalized spacial score (nSPS) is 16.4. The number of amides is 1. The fourth-order valence-corrected chi connectivity index (χ4v) is 6.21. The van der Waals surface area contributed by atoms with Crippen molar-refractivity contribution in [3.63, 3.8) is 0 Å². The number of fused-ring (bicyclic) bond motifs is 1. The minimum Gasteiger partial charge on any atom is -0.484 e. The Morgan fingerprint density at radius 2 is 1.88 bits per heavy atom. The van der Waals surface area contributed by atoms with E-state index in [-0.39, 0.29) is 17.4 Å². The average Bonchev–Trinajstić information content (AvgIpc) is 3.49. The highest BCUT2D eigenvalue weighted by atomic mass is 32.2. The van der Waals surface area contributed by atoms with Gasteiger partial charge in [-0.2, -0.15) is 4.31 Å². The molecule has 3 heterocycles. The molecule has 0 saturated carbocycles. The van der Waals surface area contributed by atoms with Gasteiger partial charge < -0.3 is 14.4 Å². The number of nitrogens with zero attached hydrogens (tertiary/aromatic N) is 3. The molecule has 0 atom stereocenters. The third-order valence-corrected chi connectivity index (χ3v) is 8.67. The van der Waals surface area contributed by atoms with Gasteiger partial charge in [-0.05, 0) is 55.3 Å². The van der Waals surface area contributed by atoms with Crippen LogP contribution in [0, 0.1) is 6.92 Å². The fourth-order valence-electron chi connectivity index (χ4n) is 4.18. The largest absolute Gasteiger partial charge is 0.484 e. The smallest absolute Gasteiger partial charge is 0.264 e. The van der Waals surface area contributed by atoms with Crippen LogP contribution in [0.1, 0.15) is 10.6 Å². The second kappa shape index (κ2) is 9.46. The highest BCUT2D eigenvalue weighted by Crippen LogP contribution is 2.33. The maximum absolute atomic E-state index is 12.8. The lowest BCUT2D eigenvalue weighted by molar-refractivity contribution is -0.120. The van der Waals surface area contributed by atoms with Crippen LogP contribution in [0.3, 0.4) is 0 Å². The molecular weight excluding hydrogens is 474 g/mol. The van der Waals surface area contributed by atoms with Gasteiger partial charge in [0, 0.05) is 36.3 Å². The van der Waals surface area contributed by atoms with E-state index < -0.39 is 10.0 Å². The number of aromatic nitrogens is 1. The molecule has 0 spiro atoms. The average molecular weight is 500 g/mol. The molecule has 34 heavy (non-hydrogen) atoms. The van der Waals surface area contributed by atoms with Crippen molar-refractivity contribution in [2.24, 2.45) is 0 Å². The van der Waals surface area contributed by atoms with Crippen molar-refractivity contribution in [1.82, 2.24) is 9.29 Å². The van der Waals surface area contributed by atoms with Gasteiger partial charge in [0.15, 0.2) is 6.61 Å². The molecule has 3 aromatic rings. The Morgan fingerprint density at radius 3 is 2.59 bits per heavy atom. The summed E-state index contributed by atoms with van der Waals surface area (Å²) >= 11 is 1.62. The molecule has 0 N–H and O–H groups in total. The third-order valence-electron chi connectivity index (χ3n) is 5.98. The van der Waals surface area contributed by atoms with Gasteiger partial charge in [0.05, 0.1) is 28.8 Å². The summed E-state index contributed by atoms with van der Waals surface area (Å²) in [4.78, 5) is 19.3. The van der Waals surface area contributed by atoms with Crippen molar-refractivity contribution in [1.29, 1.82) is 0 Å². The van der Waals surface area contributed by atoms with Crippen LogP contribution < -0.4 is 9.64 Å². The molecule has 1 saturated heterocycles. The topological polar surface area (TPSA) is 89.0 Å². The van der Waals surface area contributed by atoms with Gasteiger partial charge in [-0.15, -0.1) is 11.3 Å². The summed E-state index contributed by atoms with van der Waals surface area (Å²) in [5, 5.41) is 3.07. The lowest BCUT2D eigenvalue weighted by atomic mass is 10.1. The Labute approximate surface area is 202 Å². The summed E-state index contributed by atoms with van der Waals surface area (Å²) in [6.45, 7) is 3.95. The van der Waals surface area contributed by atoms with Crippen molar-refractivity contribution in [3.05, 3.63) is 58.4 Å². The highest BCUT2D eigenvalue weighted by Gasteiger charge is 2.27. The summed E-state index contributed by atoms with van der Waals surface area (Å²) in [7, 11) is -3.56. The molecule has 10 heteroatoms. The lowest BCUT2D eigenvalue weighted by Crippen LogP contribution is -2.40. The first kappa shape index (κ1) is 23.0. The standard InChI is InChI=1S/C24H25N3O5S2/c1-17-25-22(16-33-17)18-2-7-23-19(14-18)8-9-27(23)24(28)15-32-20-3-5-21(6-4-20)34(29,30)26-10-12-31-13-11-26/h2-7,14,16H,8-13,15H2,1H3. The summed E-state index contributed by atoms with van der Waals surface area (Å²) in [6.07, 6.45) is 0.784. The molecule has 1 amide bonds. The van der Waals surface area contributed by atoms with Gasteiger partial charge >= 0.3 is 0 Å². The molecule has 5 rings (SSSR count). The molecule has 1 aromatic heterocycles. The van der Waals surface area contributed by atoms with E-state index in [1.54, 1.807) is 28.4 Å². The molecular formula is C24H25N3O5S2. The lowest BCUT2D eigenvalue weighted by Gasteiger charge is -2.26. The molecule has 0 bridgehead atoms. The number of morpholine rings is 1. The van der Waals surface area contributed by atoms with Crippen molar-refractivity contribution in [2.45, 2.75) is 18.2 Å². The Kier molecular flexibility index (Phi) is 6.39. The number of hydrogen-bond acceptors (Lipinski definition) is 7. The summed E-state index contributed by atoms with van der Waals surface area (Å²) in [5.74, 6) is 0.309. The monoisotopic (exact) mass is 499 g/mol. The molecule has 2 aliphatic rings. The number of carbonyl (C=O) groups excluding carboxylic acids is 1. The number of ether oxygens (including phenoxy) is 2. The molecule has 0 radical (unpaired) electrons. The van der Waals surface area contributed by atoms with Crippen LogP contribution in [0.5, 0.6) is 5.75 Å². The predicted octanol–water partition coefficient (Wildman–Crippen LogP) is 3.11. The van der Waals surface area contributed by atoms with Crippen LogP contribution >= 0.6 is 11.3 Å². The Morgan fingerprint density at radius 1 is 1.12 bits per heavy atom. The first-order valence-electron chi connectivity index (χ1n) is 11.1. The van der Waals surface area contributed by atoms with Gasteiger partial charge in [-0.1, -0.05) is 6.07 Å². The number of thiazole rings is 1. The Bertz CT molecular complexity index is 1300. The fraction of sp³-hybridized carbons (Fsp3) is 0.333. The number of aryl methyl sites for hydroxylation is 1. The zero-order valence-corrected chi connectivity index (χ0v) is 20.4. The van der Waals surface area contributed by atoms with Crippen LogP contribution in [-0.2, 0) is 26.0 Å². The number of rotatable bonds is 6. The van der Waals surface area contributed by atoms with Crippen LogP contribution in [0.4, 0.5) is 5.69 Å². The molecule has 0 aliphatic carbocycles. The van der Waals surface area contributed by atoms with E-state index in [9.17, 15) is 13.2 Å². The van der Waals surface area contributed by atoms with Crippen molar-refractivity contribution < 1.29 is 22.7 Å². The first-order valence-corrected chi connectivity index (χ1v) is 13.4. The second-order valence-corrected chi connectivity index (χ2v) is 11.2. The minimum absolute atomic E-state index is 0.123. The molecule has 178 valence electrons. The zero-order chi connectivity index (χ0) is 23.7. The maximum atomic E-state index is 12.8. The number of benzene rings is 2. The molecule has 2 aliphatic heterocycles. The van der Waals surface area contributed by atoms with Gasteiger partial charge in [0.25, 0.3) is 5.91 Å². The number of anilines is 1. The van der Waals surface area contributed by atoms with E-state index in [0.717, 1.165) is 33.9 Å². The molecule has 2 aromatic carbocycles. The summed E-state index contributed by atoms with van der Waals surface area (Å²) < 4.78 is 37.8. The first-order chi connectivity index (χ1) is 16.4. The van der Waals surface area contributed by atoms with Crippen molar-refractivity contribution in [3.8, 4) is 17.0 Å². The SMILES string of the molecule is Cc1nc(-c2ccc3c(c2)CCN3C(=O)COc2ccc(S(=O)(=O)N3CCOCC3)cc2)cs1. The van der Waals surface area contributed by atoms with E-state index in [2.05, 4.69) is 11.1 Å². The Balaban J connectivity index is 1.22. The summed E-state index contributed by atoms with van der Waals surface area (Å²) in [6, 6.07) is 12.3. The maximum Gasteiger partial charge on any atom is 0.264 e. The van der Waals surface area contributed by atoms with Gasteiger partial charge in [0.2, 0.25) is 10.0 Å². The van der Waals surface area contributed by atoms with E-state index in [4.69, 9.17) is 9.47 Å². The van der Waals surface area contributed by atoms with Gasteiger partial charge in [-0.3, -0.25) is 4.79 Å². The predicted molar refractivity (Wildman–Crippen MR) is 130 cm³/mol. The molecule has 8 nitrogen and oxygen atoms in total. The number of sulfonamides is 1. The van der Waals surface area contributed by atoms with Crippen LogP contribution in [0.2, 0.25) is 0 Å². The Hall–Kier alpha value is -2.79. The van der Waals surface area contributed by atoms with Gasteiger partial charge in [0.1, 0.15) is 5.75 Å². The van der Waals surface area contributed by atoms with Crippen molar-refractivity contribution >= 4 is 33.0 Å². The number of hydrogen-bond donors (Lipinski definition) is 0. The quantitative estimate of drug-likeness (QED) is 0.518. The molecule has 0 unspecified atom stereocenters. The second-order valence-electron chi connectivity index (χ2n) is 8.17. The van der Waals surface area contributed by atoms with E-state index >= 15 is 0 Å².